The lowest BCUT2D eigenvalue weighted by Crippen LogP contribution is -2.55. The number of nitriles is 1. The summed E-state index contributed by atoms with van der Waals surface area (Å²) in [7, 11) is 0. The molecule has 0 spiro atoms. The molecule has 116 valence electrons. The Morgan fingerprint density at radius 2 is 1.82 bits per heavy atom. The van der Waals surface area contributed by atoms with Crippen LogP contribution in [0.1, 0.15) is 31.9 Å². The molecular weight excluding hydrogens is 282 g/mol. The number of nitrogens with zero attached hydrogens (tertiary/aromatic N) is 1. The fraction of sp³-hybridized carbons (Fsp3) is 0.412. The molecule has 0 radical (unpaired) electrons. The SMILES string of the molecule is CCOC1=C(c2cccc(C#N)c2)C(=O)C1(OCC)OCC. The van der Waals surface area contributed by atoms with E-state index < -0.39 is 5.79 Å². The summed E-state index contributed by atoms with van der Waals surface area (Å²) in [5.74, 6) is -1.33. The van der Waals surface area contributed by atoms with E-state index in [4.69, 9.17) is 19.5 Å². The van der Waals surface area contributed by atoms with Crippen molar-refractivity contribution in [3.8, 4) is 6.07 Å². The molecule has 1 aliphatic carbocycles. The Hall–Kier alpha value is -2.16. The Morgan fingerprint density at radius 3 is 2.36 bits per heavy atom. The van der Waals surface area contributed by atoms with Gasteiger partial charge < -0.3 is 14.2 Å². The highest BCUT2D eigenvalue weighted by Gasteiger charge is 2.58. The summed E-state index contributed by atoms with van der Waals surface area (Å²) in [4.78, 5) is 12.7. The zero-order chi connectivity index (χ0) is 16.2. The van der Waals surface area contributed by atoms with Crippen LogP contribution < -0.4 is 0 Å². The molecule has 0 saturated carbocycles. The van der Waals surface area contributed by atoms with Crippen molar-refractivity contribution in [1.29, 1.82) is 5.26 Å². The first kappa shape index (κ1) is 16.2. The van der Waals surface area contributed by atoms with Gasteiger partial charge in [-0.05, 0) is 38.5 Å². The van der Waals surface area contributed by atoms with Gasteiger partial charge in [-0.3, -0.25) is 4.79 Å². The van der Waals surface area contributed by atoms with Crippen LogP contribution in [0.2, 0.25) is 0 Å². The quantitative estimate of drug-likeness (QED) is 0.724. The number of hydrogen-bond donors (Lipinski definition) is 0. The van der Waals surface area contributed by atoms with E-state index in [0.717, 1.165) is 0 Å². The molecule has 0 heterocycles. The van der Waals surface area contributed by atoms with E-state index in [0.29, 0.717) is 42.3 Å². The molecular formula is C17H19NO4. The predicted molar refractivity (Wildman–Crippen MR) is 80.7 cm³/mol. The Bertz CT molecular complexity index is 636. The maximum atomic E-state index is 12.7. The third kappa shape index (κ3) is 2.52. The first-order chi connectivity index (χ1) is 10.6. The topological polar surface area (TPSA) is 68.5 Å². The second kappa shape index (κ2) is 6.73. The van der Waals surface area contributed by atoms with Gasteiger partial charge in [-0.2, -0.15) is 5.26 Å². The van der Waals surface area contributed by atoms with Crippen molar-refractivity contribution in [2.24, 2.45) is 0 Å². The average Bonchev–Trinajstić information content (AvgIpc) is 2.54. The molecule has 22 heavy (non-hydrogen) atoms. The van der Waals surface area contributed by atoms with Crippen LogP contribution in [0.25, 0.3) is 5.57 Å². The van der Waals surface area contributed by atoms with Crippen molar-refractivity contribution in [2.75, 3.05) is 19.8 Å². The zero-order valence-electron chi connectivity index (χ0n) is 13.0. The van der Waals surface area contributed by atoms with Crippen LogP contribution in [0.3, 0.4) is 0 Å². The predicted octanol–water partition coefficient (Wildman–Crippen LogP) is 2.66. The number of Topliss-reactive ketones (excluding diaryl/α,β-unsaturated/α-hetero) is 1. The molecule has 1 aromatic carbocycles. The first-order valence-corrected chi connectivity index (χ1v) is 7.35. The number of ether oxygens (including phenoxy) is 3. The molecule has 0 bridgehead atoms. The van der Waals surface area contributed by atoms with E-state index in [1.54, 1.807) is 38.1 Å². The first-order valence-electron chi connectivity index (χ1n) is 7.35. The van der Waals surface area contributed by atoms with Gasteiger partial charge in [0.15, 0.2) is 5.76 Å². The molecule has 0 N–H and O–H groups in total. The molecule has 5 heteroatoms. The van der Waals surface area contributed by atoms with Gasteiger partial charge in [-0.25, -0.2) is 0 Å². The number of benzene rings is 1. The summed E-state index contributed by atoms with van der Waals surface area (Å²) in [5, 5.41) is 9.01. The fourth-order valence-corrected chi connectivity index (χ4v) is 2.50. The van der Waals surface area contributed by atoms with Crippen LogP contribution in [0.4, 0.5) is 0 Å². The van der Waals surface area contributed by atoms with Gasteiger partial charge in [0.1, 0.15) is 0 Å². The number of carbonyl (C=O) groups excluding carboxylic acids is 1. The molecule has 0 aromatic heterocycles. The molecule has 1 aromatic rings. The summed E-state index contributed by atoms with van der Waals surface area (Å²) in [6.07, 6.45) is 0. The van der Waals surface area contributed by atoms with E-state index in [1.165, 1.54) is 0 Å². The Labute approximate surface area is 130 Å². The number of hydrogen-bond acceptors (Lipinski definition) is 5. The summed E-state index contributed by atoms with van der Waals surface area (Å²) < 4.78 is 16.8. The molecule has 2 rings (SSSR count). The highest BCUT2D eigenvalue weighted by Crippen LogP contribution is 2.45. The largest absolute Gasteiger partial charge is 0.491 e. The van der Waals surface area contributed by atoms with Gasteiger partial charge in [-0.1, -0.05) is 12.1 Å². The minimum atomic E-state index is -1.45. The van der Waals surface area contributed by atoms with Crippen molar-refractivity contribution < 1.29 is 19.0 Å². The van der Waals surface area contributed by atoms with Gasteiger partial charge in [0.25, 0.3) is 5.79 Å². The molecule has 0 atom stereocenters. The second-order valence-electron chi connectivity index (χ2n) is 4.64. The van der Waals surface area contributed by atoms with Crippen molar-refractivity contribution in [1.82, 2.24) is 0 Å². The minimum absolute atomic E-state index is 0.269. The molecule has 1 aliphatic rings. The lowest BCUT2D eigenvalue weighted by atomic mass is 9.81. The smallest absolute Gasteiger partial charge is 0.294 e. The number of rotatable bonds is 7. The standard InChI is InChI=1S/C17H19NO4/c1-4-20-16-14(13-9-7-8-12(10-13)11-18)15(19)17(16,21-5-2)22-6-3/h7-10H,4-6H2,1-3H3. The molecule has 0 unspecified atom stereocenters. The summed E-state index contributed by atoms with van der Waals surface area (Å²) in [6, 6.07) is 8.92. The van der Waals surface area contributed by atoms with E-state index in [2.05, 4.69) is 6.07 Å². The van der Waals surface area contributed by atoms with Gasteiger partial charge in [0, 0.05) is 13.2 Å². The van der Waals surface area contributed by atoms with Crippen LogP contribution in [-0.4, -0.2) is 31.4 Å². The normalized spacial score (nSPS) is 16.2. The van der Waals surface area contributed by atoms with Crippen LogP contribution in [0.15, 0.2) is 30.0 Å². The lowest BCUT2D eigenvalue weighted by molar-refractivity contribution is -0.225. The van der Waals surface area contributed by atoms with E-state index >= 15 is 0 Å². The number of ketones is 1. The van der Waals surface area contributed by atoms with Crippen LogP contribution in [0.5, 0.6) is 0 Å². The van der Waals surface area contributed by atoms with Gasteiger partial charge >= 0.3 is 0 Å². The highest BCUT2D eigenvalue weighted by molar-refractivity contribution is 6.33. The molecule has 0 saturated heterocycles. The van der Waals surface area contributed by atoms with E-state index in [9.17, 15) is 4.79 Å². The Kier molecular flexibility index (Phi) is 4.96. The van der Waals surface area contributed by atoms with Crippen LogP contribution in [0, 0.1) is 11.3 Å². The Balaban J connectivity index is 2.53. The third-order valence-corrected chi connectivity index (χ3v) is 3.32. The Morgan fingerprint density at radius 1 is 1.14 bits per heavy atom. The van der Waals surface area contributed by atoms with Crippen molar-refractivity contribution in [3.05, 3.63) is 41.2 Å². The lowest BCUT2D eigenvalue weighted by Gasteiger charge is -2.41. The minimum Gasteiger partial charge on any atom is -0.491 e. The highest BCUT2D eigenvalue weighted by atomic mass is 16.7. The molecule has 5 nitrogen and oxygen atoms in total. The summed E-state index contributed by atoms with van der Waals surface area (Å²) in [6.45, 7) is 6.48. The van der Waals surface area contributed by atoms with Crippen LogP contribution in [-0.2, 0) is 19.0 Å². The van der Waals surface area contributed by atoms with Gasteiger partial charge in [0.2, 0.25) is 5.78 Å². The monoisotopic (exact) mass is 301 g/mol. The molecule has 0 amide bonds. The maximum absolute atomic E-state index is 12.7. The van der Waals surface area contributed by atoms with E-state index in [-0.39, 0.29) is 5.78 Å². The summed E-state index contributed by atoms with van der Waals surface area (Å²) in [5.41, 5.74) is 1.54. The average molecular weight is 301 g/mol. The maximum Gasteiger partial charge on any atom is 0.294 e. The van der Waals surface area contributed by atoms with E-state index in [1.807, 2.05) is 6.92 Å². The molecule has 0 aliphatic heterocycles. The van der Waals surface area contributed by atoms with Crippen LogP contribution >= 0.6 is 0 Å². The second-order valence-corrected chi connectivity index (χ2v) is 4.64. The zero-order valence-corrected chi connectivity index (χ0v) is 13.0. The number of carbonyl (C=O) groups is 1. The third-order valence-electron chi connectivity index (χ3n) is 3.32. The van der Waals surface area contributed by atoms with Gasteiger partial charge in [-0.15, -0.1) is 0 Å². The van der Waals surface area contributed by atoms with Crippen molar-refractivity contribution in [3.63, 3.8) is 0 Å². The van der Waals surface area contributed by atoms with Crippen molar-refractivity contribution in [2.45, 2.75) is 26.6 Å². The van der Waals surface area contributed by atoms with Gasteiger partial charge in [0.05, 0.1) is 23.8 Å². The summed E-state index contributed by atoms with van der Waals surface area (Å²) >= 11 is 0. The molecule has 0 fully saturated rings. The fourth-order valence-electron chi connectivity index (χ4n) is 2.50. The van der Waals surface area contributed by atoms with Crippen molar-refractivity contribution >= 4 is 11.4 Å².